The number of nitrogens with one attached hydrogen (secondary N) is 1. The van der Waals surface area contributed by atoms with Crippen molar-refractivity contribution in [2.75, 3.05) is 32.8 Å². The molecule has 1 N–H and O–H groups in total. The molecule has 2 aliphatic rings. The summed E-state index contributed by atoms with van der Waals surface area (Å²) in [6.07, 6.45) is 1.31. The third-order valence-corrected chi connectivity index (χ3v) is 4.24. The molecule has 0 bridgehead atoms. The lowest BCUT2D eigenvalue weighted by molar-refractivity contribution is -0.133. The average Bonchev–Trinajstić information content (AvgIpc) is 2.66. The summed E-state index contributed by atoms with van der Waals surface area (Å²) >= 11 is 0. The molecule has 0 aromatic rings. The lowest BCUT2D eigenvalue weighted by atomic mass is 10.1. The molecule has 0 aromatic carbocycles. The SMILES string of the molecule is CCN1CCOC(CN2C(=O)C(C)NC2CC(C)C)C1. The molecule has 0 saturated carbocycles. The molecule has 1 amide bonds. The molecule has 2 rings (SSSR count). The number of morpholine rings is 1. The molecule has 2 saturated heterocycles. The minimum atomic E-state index is -0.0652. The minimum Gasteiger partial charge on any atom is -0.374 e. The molecule has 2 fully saturated rings. The van der Waals surface area contributed by atoms with E-state index in [4.69, 9.17) is 4.74 Å². The summed E-state index contributed by atoms with van der Waals surface area (Å²) < 4.78 is 5.85. The summed E-state index contributed by atoms with van der Waals surface area (Å²) in [6, 6.07) is -0.0652. The van der Waals surface area contributed by atoms with Crippen LogP contribution in [0.5, 0.6) is 0 Å². The van der Waals surface area contributed by atoms with Gasteiger partial charge in [-0.05, 0) is 25.8 Å². The van der Waals surface area contributed by atoms with Gasteiger partial charge in [0.1, 0.15) is 0 Å². The number of rotatable bonds is 5. The average molecular weight is 283 g/mol. The Kier molecular flexibility index (Phi) is 5.41. The summed E-state index contributed by atoms with van der Waals surface area (Å²) in [5, 5.41) is 3.41. The molecule has 3 atom stereocenters. The van der Waals surface area contributed by atoms with Gasteiger partial charge in [-0.3, -0.25) is 15.0 Å². The van der Waals surface area contributed by atoms with Crippen LogP contribution in [-0.2, 0) is 9.53 Å². The van der Waals surface area contributed by atoms with Crippen molar-refractivity contribution in [1.29, 1.82) is 0 Å². The molecule has 0 aromatic heterocycles. The van der Waals surface area contributed by atoms with Crippen molar-refractivity contribution in [3.63, 3.8) is 0 Å². The molecule has 0 aliphatic carbocycles. The lowest BCUT2D eigenvalue weighted by Gasteiger charge is -2.35. The van der Waals surface area contributed by atoms with Crippen LogP contribution in [0.2, 0.25) is 0 Å². The molecule has 5 heteroatoms. The maximum absolute atomic E-state index is 12.3. The highest BCUT2D eigenvalue weighted by Crippen LogP contribution is 2.19. The van der Waals surface area contributed by atoms with Crippen molar-refractivity contribution < 1.29 is 9.53 Å². The molecule has 2 heterocycles. The fraction of sp³-hybridized carbons (Fsp3) is 0.933. The Hall–Kier alpha value is -0.650. The van der Waals surface area contributed by atoms with E-state index in [1.807, 2.05) is 11.8 Å². The molecule has 116 valence electrons. The number of likely N-dealkylation sites (N-methyl/N-ethyl adjacent to an activating group) is 1. The van der Waals surface area contributed by atoms with E-state index in [9.17, 15) is 4.79 Å². The van der Waals surface area contributed by atoms with Crippen molar-refractivity contribution >= 4 is 5.91 Å². The monoisotopic (exact) mass is 283 g/mol. The van der Waals surface area contributed by atoms with Crippen LogP contribution >= 0.6 is 0 Å². The van der Waals surface area contributed by atoms with Crippen LogP contribution in [0.4, 0.5) is 0 Å². The second kappa shape index (κ2) is 6.87. The van der Waals surface area contributed by atoms with Crippen molar-refractivity contribution in [2.45, 2.75) is 52.4 Å². The van der Waals surface area contributed by atoms with Gasteiger partial charge >= 0.3 is 0 Å². The molecule has 2 aliphatic heterocycles. The fourth-order valence-corrected chi connectivity index (χ4v) is 3.11. The number of hydrogen-bond acceptors (Lipinski definition) is 4. The summed E-state index contributed by atoms with van der Waals surface area (Å²) in [7, 11) is 0. The molecule has 5 nitrogen and oxygen atoms in total. The summed E-state index contributed by atoms with van der Waals surface area (Å²) in [5.41, 5.74) is 0. The Balaban J connectivity index is 1.95. The number of ether oxygens (including phenoxy) is 1. The first-order chi connectivity index (χ1) is 9.51. The largest absolute Gasteiger partial charge is 0.374 e. The topological polar surface area (TPSA) is 44.8 Å². The van der Waals surface area contributed by atoms with E-state index in [1.54, 1.807) is 0 Å². The third kappa shape index (κ3) is 3.71. The van der Waals surface area contributed by atoms with Gasteiger partial charge in [-0.1, -0.05) is 20.8 Å². The summed E-state index contributed by atoms with van der Waals surface area (Å²) in [5.74, 6) is 0.792. The number of hydrogen-bond donors (Lipinski definition) is 1. The van der Waals surface area contributed by atoms with Crippen molar-refractivity contribution in [1.82, 2.24) is 15.1 Å². The highest BCUT2D eigenvalue weighted by molar-refractivity contribution is 5.83. The summed E-state index contributed by atoms with van der Waals surface area (Å²) in [6.45, 7) is 13.0. The highest BCUT2D eigenvalue weighted by atomic mass is 16.5. The smallest absolute Gasteiger partial charge is 0.240 e. The fourth-order valence-electron chi connectivity index (χ4n) is 3.11. The van der Waals surface area contributed by atoms with E-state index in [1.165, 1.54) is 0 Å². The lowest BCUT2D eigenvalue weighted by Crippen LogP contribution is -2.50. The van der Waals surface area contributed by atoms with Gasteiger partial charge in [0.25, 0.3) is 0 Å². The Morgan fingerprint density at radius 2 is 2.20 bits per heavy atom. The molecule has 0 radical (unpaired) electrons. The Bertz CT molecular complexity index is 335. The van der Waals surface area contributed by atoms with E-state index in [0.717, 1.165) is 32.7 Å². The van der Waals surface area contributed by atoms with Crippen LogP contribution in [0.15, 0.2) is 0 Å². The van der Waals surface area contributed by atoms with E-state index in [2.05, 4.69) is 31.0 Å². The van der Waals surface area contributed by atoms with Crippen LogP contribution in [0.3, 0.4) is 0 Å². The Morgan fingerprint density at radius 3 is 2.85 bits per heavy atom. The summed E-state index contributed by atoms with van der Waals surface area (Å²) in [4.78, 5) is 16.7. The first-order valence-electron chi connectivity index (χ1n) is 7.91. The Morgan fingerprint density at radius 1 is 1.45 bits per heavy atom. The second-order valence-corrected chi connectivity index (χ2v) is 6.41. The predicted octanol–water partition coefficient (Wildman–Crippen LogP) is 0.900. The van der Waals surface area contributed by atoms with Crippen molar-refractivity contribution in [2.24, 2.45) is 5.92 Å². The minimum absolute atomic E-state index is 0.0652. The second-order valence-electron chi connectivity index (χ2n) is 6.41. The highest BCUT2D eigenvalue weighted by Gasteiger charge is 2.38. The third-order valence-electron chi connectivity index (χ3n) is 4.24. The van der Waals surface area contributed by atoms with E-state index in [0.29, 0.717) is 12.5 Å². The number of amides is 1. The molecule has 3 unspecified atom stereocenters. The zero-order valence-corrected chi connectivity index (χ0v) is 13.3. The van der Waals surface area contributed by atoms with Gasteiger partial charge in [-0.25, -0.2) is 0 Å². The van der Waals surface area contributed by atoms with Crippen LogP contribution in [0, 0.1) is 5.92 Å². The Labute approximate surface area is 122 Å². The maximum atomic E-state index is 12.3. The van der Waals surface area contributed by atoms with E-state index >= 15 is 0 Å². The molecule has 0 spiro atoms. The van der Waals surface area contributed by atoms with Gasteiger partial charge in [0.15, 0.2) is 0 Å². The predicted molar refractivity (Wildman–Crippen MR) is 79.4 cm³/mol. The number of nitrogens with zero attached hydrogens (tertiary/aromatic N) is 2. The molecular formula is C15H29N3O2. The van der Waals surface area contributed by atoms with Crippen molar-refractivity contribution in [3.8, 4) is 0 Å². The zero-order valence-electron chi connectivity index (χ0n) is 13.3. The quantitative estimate of drug-likeness (QED) is 0.814. The van der Waals surface area contributed by atoms with Gasteiger partial charge in [0, 0.05) is 19.6 Å². The number of carbonyl (C=O) groups excluding carboxylic acids is 1. The van der Waals surface area contributed by atoms with Crippen LogP contribution in [0.25, 0.3) is 0 Å². The standard InChI is InChI=1S/C15H29N3O2/c1-5-17-6-7-20-13(9-17)10-18-14(8-11(2)3)16-12(4)15(18)19/h11-14,16H,5-10H2,1-4H3. The maximum Gasteiger partial charge on any atom is 0.240 e. The van der Waals surface area contributed by atoms with Gasteiger partial charge in [-0.2, -0.15) is 0 Å². The van der Waals surface area contributed by atoms with Crippen LogP contribution in [0.1, 0.15) is 34.1 Å². The van der Waals surface area contributed by atoms with E-state index < -0.39 is 0 Å². The van der Waals surface area contributed by atoms with Gasteiger partial charge in [0.2, 0.25) is 5.91 Å². The first-order valence-corrected chi connectivity index (χ1v) is 7.91. The van der Waals surface area contributed by atoms with E-state index in [-0.39, 0.29) is 24.2 Å². The number of carbonyl (C=O) groups is 1. The first kappa shape index (κ1) is 15.7. The van der Waals surface area contributed by atoms with Gasteiger partial charge < -0.3 is 9.64 Å². The normalized spacial score (nSPS) is 32.4. The van der Waals surface area contributed by atoms with Crippen LogP contribution in [-0.4, -0.2) is 66.8 Å². The zero-order chi connectivity index (χ0) is 14.7. The molecular weight excluding hydrogens is 254 g/mol. The van der Waals surface area contributed by atoms with Gasteiger partial charge in [0.05, 0.1) is 24.9 Å². The van der Waals surface area contributed by atoms with Gasteiger partial charge in [-0.15, -0.1) is 0 Å². The van der Waals surface area contributed by atoms with Crippen LogP contribution < -0.4 is 5.32 Å². The molecule has 20 heavy (non-hydrogen) atoms. The van der Waals surface area contributed by atoms with Crippen molar-refractivity contribution in [3.05, 3.63) is 0 Å².